The van der Waals surface area contributed by atoms with Gasteiger partial charge in [-0.2, -0.15) is 0 Å². The fourth-order valence-electron chi connectivity index (χ4n) is 1.08. The van der Waals surface area contributed by atoms with Gasteiger partial charge in [0.2, 0.25) is 0 Å². The molecule has 0 aromatic rings. The van der Waals surface area contributed by atoms with Crippen molar-refractivity contribution in [2.75, 3.05) is 31.7 Å². The van der Waals surface area contributed by atoms with Crippen molar-refractivity contribution < 1.29 is 13.5 Å². The lowest BCUT2D eigenvalue weighted by Crippen LogP contribution is -2.33. The van der Waals surface area contributed by atoms with Crippen LogP contribution in [0.5, 0.6) is 0 Å². The predicted molar refractivity (Wildman–Crippen MR) is 58.1 cm³/mol. The molecule has 5 heteroatoms. The molecule has 0 aliphatic rings. The average molecular weight is 223 g/mol. The summed E-state index contributed by atoms with van der Waals surface area (Å²) >= 11 is 0. The van der Waals surface area contributed by atoms with Gasteiger partial charge in [0, 0.05) is 26.0 Å². The van der Waals surface area contributed by atoms with E-state index in [4.69, 9.17) is 5.11 Å². The molecule has 0 rings (SSSR count). The lowest BCUT2D eigenvalue weighted by Gasteiger charge is -2.23. The molecule has 0 heterocycles. The van der Waals surface area contributed by atoms with Crippen molar-refractivity contribution >= 4 is 9.84 Å². The summed E-state index contributed by atoms with van der Waals surface area (Å²) in [6.45, 7) is 5.45. The summed E-state index contributed by atoms with van der Waals surface area (Å²) in [5.74, 6) is 0.169. The van der Waals surface area contributed by atoms with Crippen LogP contribution in [0.3, 0.4) is 0 Å². The number of aliphatic hydroxyl groups excluding tert-OH is 1. The van der Waals surface area contributed by atoms with Crippen molar-refractivity contribution in [3.05, 3.63) is 0 Å². The fraction of sp³-hybridized carbons (Fsp3) is 1.00. The van der Waals surface area contributed by atoms with E-state index in [1.807, 2.05) is 13.8 Å². The normalized spacial score (nSPS) is 13.1. The van der Waals surface area contributed by atoms with Gasteiger partial charge in [-0.1, -0.05) is 13.8 Å². The Morgan fingerprint density at radius 1 is 1.36 bits per heavy atom. The Bertz CT molecular complexity index is 247. The van der Waals surface area contributed by atoms with Crippen LogP contribution >= 0.6 is 0 Å². The van der Waals surface area contributed by atoms with Crippen LogP contribution < -0.4 is 5.32 Å². The maximum Gasteiger partial charge on any atom is 0.148 e. The number of hydrogen-bond acceptors (Lipinski definition) is 4. The number of sulfone groups is 1. The maximum absolute atomic E-state index is 10.8. The van der Waals surface area contributed by atoms with Crippen LogP contribution in [0.25, 0.3) is 0 Å². The van der Waals surface area contributed by atoms with Gasteiger partial charge in [0.15, 0.2) is 0 Å². The zero-order valence-electron chi connectivity index (χ0n) is 9.21. The molecule has 2 N–H and O–H groups in total. The molecule has 0 unspecified atom stereocenters. The first-order valence-corrected chi connectivity index (χ1v) is 6.82. The lowest BCUT2D eigenvalue weighted by molar-refractivity contribution is 0.208. The molecule has 0 radical (unpaired) electrons. The summed E-state index contributed by atoms with van der Waals surface area (Å²) in [4.78, 5) is 0. The molecule has 0 spiro atoms. The average Bonchev–Trinajstić information content (AvgIpc) is 1.96. The Hall–Kier alpha value is -0.130. The van der Waals surface area contributed by atoms with Crippen molar-refractivity contribution in [3.8, 4) is 0 Å². The monoisotopic (exact) mass is 223 g/mol. The van der Waals surface area contributed by atoms with E-state index >= 15 is 0 Å². The first-order chi connectivity index (χ1) is 6.27. The van der Waals surface area contributed by atoms with Gasteiger partial charge in [-0.25, -0.2) is 8.42 Å². The second kappa shape index (κ2) is 5.68. The van der Waals surface area contributed by atoms with Crippen LogP contribution in [0.4, 0.5) is 0 Å². The Kier molecular flexibility index (Phi) is 5.63. The van der Waals surface area contributed by atoms with Crippen molar-refractivity contribution in [2.24, 2.45) is 5.41 Å². The number of hydrogen-bond donors (Lipinski definition) is 2. The topological polar surface area (TPSA) is 66.4 Å². The molecule has 0 bridgehead atoms. The smallest absolute Gasteiger partial charge is 0.148 e. The van der Waals surface area contributed by atoms with E-state index < -0.39 is 9.84 Å². The van der Waals surface area contributed by atoms with E-state index in [9.17, 15) is 8.42 Å². The molecule has 0 fully saturated rings. The van der Waals surface area contributed by atoms with Crippen molar-refractivity contribution in [2.45, 2.75) is 20.3 Å². The summed E-state index contributed by atoms with van der Waals surface area (Å²) in [6, 6.07) is 0. The Labute approximate surface area is 86.6 Å². The third-order valence-electron chi connectivity index (χ3n) is 2.04. The third-order valence-corrected chi connectivity index (χ3v) is 2.99. The zero-order chi connectivity index (χ0) is 11.2. The standard InChI is InChI=1S/C9H21NO3S/c1-9(2,4-6-11)8-10-5-7-14(3,12)13/h10-11H,4-8H2,1-3H3. The van der Waals surface area contributed by atoms with E-state index in [0.717, 1.165) is 13.0 Å². The van der Waals surface area contributed by atoms with E-state index in [-0.39, 0.29) is 17.8 Å². The van der Waals surface area contributed by atoms with Crippen LogP contribution in [0, 0.1) is 5.41 Å². The molecule has 0 aromatic heterocycles. The Morgan fingerprint density at radius 2 is 1.93 bits per heavy atom. The van der Waals surface area contributed by atoms with E-state index in [1.165, 1.54) is 6.26 Å². The SMILES string of the molecule is CC(C)(CCO)CNCCS(C)(=O)=O. The van der Waals surface area contributed by atoms with Crippen molar-refractivity contribution in [1.29, 1.82) is 0 Å². The number of nitrogens with one attached hydrogen (secondary N) is 1. The summed E-state index contributed by atoms with van der Waals surface area (Å²) in [5, 5.41) is 11.8. The van der Waals surface area contributed by atoms with Gasteiger partial charge >= 0.3 is 0 Å². The van der Waals surface area contributed by atoms with Gasteiger partial charge in [0.05, 0.1) is 5.75 Å². The molecule has 0 aliphatic heterocycles. The van der Waals surface area contributed by atoms with Crippen molar-refractivity contribution in [1.82, 2.24) is 5.32 Å². The van der Waals surface area contributed by atoms with Crippen LogP contribution in [0.15, 0.2) is 0 Å². The first-order valence-electron chi connectivity index (χ1n) is 4.76. The Morgan fingerprint density at radius 3 is 2.36 bits per heavy atom. The highest BCUT2D eigenvalue weighted by Gasteiger charge is 2.16. The van der Waals surface area contributed by atoms with Gasteiger partial charge < -0.3 is 10.4 Å². The lowest BCUT2D eigenvalue weighted by atomic mass is 9.90. The largest absolute Gasteiger partial charge is 0.396 e. The minimum atomic E-state index is -2.87. The number of aliphatic hydroxyl groups is 1. The minimum Gasteiger partial charge on any atom is -0.396 e. The molecule has 0 aromatic carbocycles. The number of rotatable bonds is 7. The minimum absolute atomic E-state index is 0.0201. The maximum atomic E-state index is 10.8. The van der Waals surface area contributed by atoms with Gasteiger partial charge in [0.25, 0.3) is 0 Å². The predicted octanol–water partition coefficient (Wildman–Crippen LogP) is 0.0292. The second-order valence-electron chi connectivity index (χ2n) is 4.44. The molecule has 86 valence electrons. The molecular weight excluding hydrogens is 202 g/mol. The quantitative estimate of drug-likeness (QED) is 0.598. The van der Waals surface area contributed by atoms with Crippen LogP contribution in [-0.4, -0.2) is 45.2 Å². The fourth-order valence-corrected chi connectivity index (χ4v) is 1.59. The van der Waals surface area contributed by atoms with E-state index in [1.54, 1.807) is 0 Å². The van der Waals surface area contributed by atoms with Gasteiger partial charge in [-0.15, -0.1) is 0 Å². The second-order valence-corrected chi connectivity index (χ2v) is 6.70. The zero-order valence-corrected chi connectivity index (χ0v) is 10.0. The van der Waals surface area contributed by atoms with Crippen LogP contribution in [0.2, 0.25) is 0 Å². The van der Waals surface area contributed by atoms with Crippen molar-refractivity contribution in [3.63, 3.8) is 0 Å². The Balaban J connectivity index is 3.64. The third kappa shape index (κ3) is 8.47. The molecule has 0 amide bonds. The molecule has 4 nitrogen and oxygen atoms in total. The highest BCUT2D eigenvalue weighted by Crippen LogP contribution is 2.17. The van der Waals surface area contributed by atoms with E-state index in [2.05, 4.69) is 5.32 Å². The summed E-state index contributed by atoms with van der Waals surface area (Å²) in [5.41, 5.74) is 0.0201. The molecule has 0 saturated heterocycles. The van der Waals surface area contributed by atoms with Gasteiger partial charge in [0.1, 0.15) is 9.84 Å². The molecule has 14 heavy (non-hydrogen) atoms. The van der Waals surface area contributed by atoms with E-state index in [0.29, 0.717) is 6.54 Å². The molecule has 0 saturated carbocycles. The summed E-state index contributed by atoms with van der Waals surface area (Å²) in [6.07, 6.45) is 1.95. The molecule has 0 atom stereocenters. The van der Waals surface area contributed by atoms with Gasteiger partial charge in [-0.3, -0.25) is 0 Å². The van der Waals surface area contributed by atoms with Gasteiger partial charge in [-0.05, 0) is 11.8 Å². The first kappa shape index (κ1) is 13.9. The van der Waals surface area contributed by atoms with Crippen LogP contribution in [0.1, 0.15) is 20.3 Å². The highest BCUT2D eigenvalue weighted by atomic mass is 32.2. The summed E-state index contributed by atoms with van der Waals surface area (Å²) in [7, 11) is -2.87. The molecule has 0 aliphatic carbocycles. The highest BCUT2D eigenvalue weighted by molar-refractivity contribution is 7.90. The summed E-state index contributed by atoms with van der Waals surface area (Å²) < 4.78 is 21.6. The van der Waals surface area contributed by atoms with Crippen LogP contribution in [-0.2, 0) is 9.84 Å². The molecular formula is C9H21NO3S.